The zero-order chi connectivity index (χ0) is 23.0. The molecule has 3 aromatic rings. The van der Waals surface area contributed by atoms with Crippen LogP contribution in [0.4, 0.5) is 15.8 Å². The molecule has 1 heterocycles. The van der Waals surface area contributed by atoms with Gasteiger partial charge in [-0.15, -0.1) is 0 Å². The van der Waals surface area contributed by atoms with E-state index >= 15 is 0 Å². The van der Waals surface area contributed by atoms with E-state index in [1.54, 1.807) is 6.07 Å². The molecule has 1 atom stereocenters. The van der Waals surface area contributed by atoms with Crippen LogP contribution in [0.25, 0.3) is 0 Å². The molecular formula is C28H27FN2O2. The van der Waals surface area contributed by atoms with Gasteiger partial charge in [0, 0.05) is 17.7 Å². The minimum atomic E-state index is -0.294. The standard InChI is InChI=1S/C28H27FN2O2/c1-28(2)15-24-26(25(32)16-28)27(31-23-12-4-3-11-22(23)30-24)19-8-6-10-21(14-19)33-17-18-7-5-9-20(29)13-18/h3-14,27,30-31H,15-17H2,1-2H3/t27-/m0/s1. The number of carbonyl (C=O) groups is 1. The number of hydrogen-bond acceptors (Lipinski definition) is 4. The SMILES string of the molecule is CC1(C)CC(=O)C2=C(C1)Nc1ccccc1N[C@H]2c1cccc(OCc2cccc(F)c2)c1. The minimum Gasteiger partial charge on any atom is -0.489 e. The fourth-order valence-electron chi connectivity index (χ4n) is 4.72. The normalized spacial score (nSPS) is 19.0. The van der Waals surface area contributed by atoms with E-state index in [0.29, 0.717) is 12.2 Å². The lowest BCUT2D eigenvalue weighted by Crippen LogP contribution is -2.31. The van der Waals surface area contributed by atoms with Crippen molar-refractivity contribution in [2.24, 2.45) is 5.41 Å². The predicted octanol–water partition coefficient (Wildman–Crippen LogP) is 6.63. The molecule has 5 rings (SSSR count). The van der Waals surface area contributed by atoms with Crippen molar-refractivity contribution >= 4 is 17.2 Å². The Morgan fingerprint density at radius 1 is 0.970 bits per heavy atom. The maximum atomic E-state index is 13.5. The molecule has 5 heteroatoms. The van der Waals surface area contributed by atoms with Crippen molar-refractivity contribution in [1.29, 1.82) is 0 Å². The van der Waals surface area contributed by atoms with Gasteiger partial charge in [0.15, 0.2) is 5.78 Å². The van der Waals surface area contributed by atoms with Crippen LogP contribution in [0.1, 0.15) is 43.9 Å². The summed E-state index contributed by atoms with van der Waals surface area (Å²) >= 11 is 0. The highest BCUT2D eigenvalue weighted by Crippen LogP contribution is 2.45. The van der Waals surface area contributed by atoms with Crippen LogP contribution >= 0.6 is 0 Å². The third-order valence-electron chi connectivity index (χ3n) is 6.21. The van der Waals surface area contributed by atoms with Crippen LogP contribution in [0.15, 0.2) is 84.1 Å². The smallest absolute Gasteiger partial charge is 0.163 e. The van der Waals surface area contributed by atoms with E-state index in [1.165, 1.54) is 12.1 Å². The van der Waals surface area contributed by atoms with Gasteiger partial charge in [-0.05, 0) is 59.4 Å². The van der Waals surface area contributed by atoms with Gasteiger partial charge in [0.25, 0.3) is 0 Å². The first-order valence-corrected chi connectivity index (χ1v) is 11.2. The number of ether oxygens (including phenoxy) is 1. The average Bonchev–Trinajstić information content (AvgIpc) is 2.94. The first-order chi connectivity index (χ1) is 15.9. The maximum Gasteiger partial charge on any atom is 0.163 e. The average molecular weight is 443 g/mol. The number of hydrogen-bond donors (Lipinski definition) is 2. The fourth-order valence-corrected chi connectivity index (χ4v) is 4.72. The highest BCUT2D eigenvalue weighted by Gasteiger charge is 2.38. The molecule has 1 aliphatic carbocycles. The number of Topliss-reactive ketones (excluding diaryl/α,β-unsaturated/α-hetero) is 1. The van der Waals surface area contributed by atoms with E-state index in [1.807, 2.05) is 54.6 Å². The highest BCUT2D eigenvalue weighted by molar-refractivity contribution is 6.01. The Hall–Kier alpha value is -3.60. The van der Waals surface area contributed by atoms with Crippen LogP contribution < -0.4 is 15.4 Å². The molecule has 168 valence electrons. The fraction of sp³-hybridized carbons (Fsp3) is 0.250. The number of allylic oxidation sites excluding steroid dienone is 1. The van der Waals surface area contributed by atoms with E-state index in [0.717, 1.165) is 40.2 Å². The van der Waals surface area contributed by atoms with E-state index in [2.05, 4.69) is 24.5 Å². The second-order valence-electron chi connectivity index (χ2n) is 9.57. The molecule has 33 heavy (non-hydrogen) atoms. The van der Waals surface area contributed by atoms with Gasteiger partial charge in [-0.1, -0.05) is 50.2 Å². The van der Waals surface area contributed by atoms with Crippen LogP contribution in [0.2, 0.25) is 0 Å². The van der Waals surface area contributed by atoms with Gasteiger partial charge in [0.05, 0.1) is 17.4 Å². The van der Waals surface area contributed by atoms with Crippen molar-refractivity contribution in [3.8, 4) is 5.75 Å². The van der Waals surface area contributed by atoms with Gasteiger partial charge in [-0.3, -0.25) is 4.79 Å². The summed E-state index contributed by atoms with van der Waals surface area (Å²) in [6, 6.07) is 21.9. The Balaban J connectivity index is 1.50. The number of nitrogens with one attached hydrogen (secondary N) is 2. The summed E-state index contributed by atoms with van der Waals surface area (Å²) in [6.07, 6.45) is 1.31. The molecule has 0 radical (unpaired) electrons. The van der Waals surface area contributed by atoms with Gasteiger partial charge >= 0.3 is 0 Å². The van der Waals surface area contributed by atoms with Gasteiger partial charge < -0.3 is 15.4 Å². The molecule has 0 bridgehead atoms. The Morgan fingerprint density at radius 2 is 1.76 bits per heavy atom. The molecule has 0 saturated carbocycles. The molecule has 1 aliphatic heterocycles. The van der Waals surface area contributed by atoms with E-state index in [9.17, 15) is 9.18 Å². The topological polar surface area (TPSA) is 50.4 Å². The lowest BCUT2D eigenvalue weighted by Gasteiger charge is -2.34. The Bertz CT molecular complexity index is 1250. The molecule has 4 nitrogen and oxygen atoms in total. The quantitative estimate of drug-likeness (QED) is 0.476. The first kappa shape index (κ1) is 21.3. The number of halogens is 1. The summed E-state index contributed by atoms with van der Waals surface area (Å²) in [6.45, 7) is 4.54. The van der Waals surface area contributed by atoms with Gasteiger partial charge in [-0.25, -0.2) is 4.39 Å². The monoisotopic (exact) mass is 442 g/mol. The largest absolute Gasteiger partial charge is 0.489 e. The number of anilines is 2. The number of carbonyl (C=O) groups excluding carboxylic acids is 1. The summed E-state index contributed by atoms with van der Waals surface area (Å²) in [4.78, 5) is 13.4. The molecule has 0 amide bonds. The molecule has 0 spiro atoms. The van der Waals surface area contributed by atoms with E-state index in [-0.39, 0.29) is 29.7 Å². The highest BCUT2D eigenvalue weighted by atomic mass is 19.1. The number of para-hydroxylation sites is 2. The summed E-state index contributed by atoms with van der Waals surface area (Å²) in [7, 11) is 0. The van der Waals surface area contributed by atoms with Gasteiger partial charge in [-0.2, -0.15) is 0 Å². The van der Waals surface area contributed by atoms with Crippen molar-refractivity contribution in [3.63, 3.8) is 0 Å². The number of ketones is 1. The van der Waals surface area contributed by atoms with E-state index < -0.39 is 0 Å². The van der Waals surface area contributed by atoms with Crippen molar-refractivity contribution in [2.45, 2.75) is 39.3 Å². The number of fused-ring (bicyclic) bond motifs is 1. The van der Waals surface area contributed by atoms with Crippen molar-refractivity contribution in [3.05, 3.63) is 101 Å². The Morgan fingerprint density at radius 3 is 2.58 bits per heavy atom. The third-order valence-corrected chi connectivity index (χ3v) is 6.21. The molecule has 2 N–H and O–H groups in total. The van der Waals surface area contributed by atoms with Gasteiger partial charge in [0.2, 0.25) is 0 Å². The molecule has 0 saturated heterocycles. The summed E-state index contributed by atoms with van der Waals surface area (Å²) in [5.41, 5.74) is 5.30. The zero-order valence-electron chi connectivity index (χ0n) is 18.8. The summed E-state index contributed by atoms with van der Waals surface area (Å²) in [5, 5.41) is 7.14. The predicted molar refractivity (Wildman–Crippen MR) is 129 cm³/mol. The van der Waals surface area contributed by atoms with Crippen LogP contribution in [-0.4, -0.2) is 5.78 Å². The van der Waals surface area contributed by atoms with Crippen molar-refractivity contribution < 1.29 is 13.9 Å². The molecule has 3 aromatic carbocycles. The summed E-state index contributed by atoms with van der Waals surface area (Å²) < 4.78 is 19.5. The van der Waals surface area contributed by atoms with Crippen molar-refractivity contribution in [2.75, 3.05) is 10.6 Å². The third kappa shape index (κ3) is 4.49. The van der Waals surface area contributed by atoms with Crippen LogP contribution in [-0.2, 0) is 11.4 Å². The number of rotatable bonds is 4. The van der Waals surface area contributed by atoms with Crippen LogP contribution in [0.5, 0.6) is 5.75 Å². The van der Waals surface area contributed by atoms with Crippen molar-refractivity contribution in [1.82, 2.24) is 0 Å². The zero-order valence-corrected chi connectivity index (χ0v) is 18.8. The lowest BCUT2D eigenvalue weighted by molar-refractivity contribution is -0.118. The number of benzene rings is 3. The summed E-state index contributed by atoms with van der Waals surface area (Å²) in [5.74, 6) is 0.553. The molecule has 0 unspecified atom stereocenters. The lowest BCUT2D eigenvalue weighted by atomic mass is 9.73. The Kier molecular flexibility index (Phi) is 5.41. The Labute approximate surface area is 193 Å². The maximum absolute atomic E-state index is 13.5. The second-order valence-corrected chi connectivity index (χ2v) is 9.57. The van der Waals surface area contributed by atoms with Crippen LogP contribution in [0.3, 0.4) is 0 Å². The minimum absolute atomic E-state index is 0.0946. The molecule has 2 aliphatic rings. The molecular weight excluding hydrogens is 415 g/mol. The first-order valence-electron chi connectivity index (χ1n) is 11.2. The molecule has 0 aromatic heterocycles. The van der Waals surface area contributed by atoms with Gasteiger partial charge in [0.1, 0.15) is 18.2 Å². The van der Waals surface area contributed by atoms with Crippen LogP contribution in [0, 0.1) is 11.2 Å². The second kappa shape index (κ2) is 8.39. The van der Waals surface area contributed by atoms with E-state index in [4.69, 9.17) is 4.74 Å². The molecule has 0 fully saturated rings.